The third kappa shape index (κ3) is 5.50. The Balaban J connectivity index is 1.63. The van der Waals surface area contributed by atoms with E-state index in [1.54, 1.807) is 6.08 Å². The average Bonchev–Trinajstić information content (AvgIpc) is 2.53. The second-order valence-electron chi connectivity index (χ2n) is 7.46. The zero-order valence-corrected chi connectivity index (χ0v) is 13.9. The molecule has 2 fully saturated rings. The first-order valence-electron chi connectivity index (χ1n) is 9.38. The van der Waals surface area contributed by atoms with Crippen molar-refractivity contribution < 1.29 is 0 Å². The van der Waals surface area contributed by atoms with Crippen LogP contribution in [0.5, 0.6) is 0 Å². The highest BCUT2D eigenvalue weighted by Gasteiger charge is 2.30. The van der Waals surface area contributed by atoms with Crippen LogP contribution in [0, 0.1) is 35.0 Å². The first kappa shape index (κ1) is 16.6. The van der Waals surface area contributed by atoms with E-state index in [2.05, 4.69) is 13.0 Å². The molecule has 0 unspecified atom stereocenters. The maximum absolute atomic E-state index is 8.50. The topological polar surface area (TPSA) is 23.8 Å². The number of rotatable bonds is 6. The summed E-state index contributed by atoms with van der Waals surface area (Å²) in [6, 6.07) is 2.09. The van der Waals surface area contributed by atoms with Crippen LogP contribution in [0.15, 0.2) is 12.2 Å². The van der Waals surface area contributed by atoms with Crippen LogP contribution >= 0.6 is 0 Å². The van der Waals surface area contributed by atoms with Gasteiger partial charge in [0.15, 0.2) is 0 Å². The van der Waals surface area contributed by atoms with E-state index in [0.717, 1.165) is 30.1 Å². The van der Waals surface area contributed by atoms with Crippen LogP contribution in [0.1, 0.15) is 84.0 Å². The van der Waals surface area contributed by atoms with Crippen LogP contribution in [0.2, 0.25) is 0 Å². The summed E-state index contributed by atoms with van der Waals surface area (Å²) in [4.78, 5) is 0. The largest absolute Gasteiger partial charge is 0.193 e. The molecule has 2 rings (SSSR count). The predicted octanol–water partition coefficient (Wildman–Crippen LogP) is 6.26. The van der Waals surface area contributed by atoms with Gasteiger partial charge in [-0.2, -0.15) is 5.26 Å². The third-order valence-corrected chi connectivity index (χ3v) is 6.08. The molecule has 0 atom stereocenters. The second kappa shape index (κ2) is 9.29. The molecule has 2 saturated carbocycles. The van der Waals surface area contributed by atoms with Gasteiger partial charge in [-0.15, -0.1) is 0 Å². The molecule has 2 aliphatic carbocycles. The minimum atomic E-state index is 0.932. The average molecular weight is 287 g/mol. The first-order chi connectivity index (χ1) is 10.3. The van der Waals surface area contributed by atoms with Crippen LogP contribution in [0.4, 0.5) is 0 Å². The van der Waals surface area contributed by atoms with Crippen molar-refractivity contribution in [3.05, 3.63) is 12.2 Å². The van der Waals surface area contributed by atoms with E-state index in [1.807, 2.05) is 6.08 Å². The molecular formula is C20H33N. The highest BCUT2D eigenvalue weighted by atomic mass is 14.4. The number of nitrogens with zero attached hydrogens (tertiary/aromatic N) is 1. The molecule has 21 heavy (non-hydrogen) atoms. The van der Waals surface area contributed by atoms with Crippen molar-refractivity contribution >= 4 is 0 Å². The summed E-state index contributed by atoms with van der Waals surface area (Å²) in [7, 11) is 0. The highest BCUT2D eigenvalue weighted by molar-refractivity contribution is 5.01. The fourth-order valence-electron chi connectivity index (χ4n) is 4.77. The van der Waals surface area contributed by atoms with Crippen molar-refractivity contribution in [2.24, 2.45) is 23.7 Å². The van der Waals surface area contributed by atoms with E-state index in [9.17, 15) is 0 Å². The van der Waals surface area contributed by atoms with Gasteiger partial charge in [-0.3, -0.25) is 0 Å². The fraction of sp³-hybridized carbons (Fsp3) is 0.850. The summed E-state index contributed by atoms with van der Waals surface area (Å²) in [6.45, 7) is 2.33. The number of hydrogen-bond acceptors (Lipinski definition) is 1. The number of nitriles is 1. The Kier molecular flexibility index (Phi) is 7.34. The summed E-state index contributed by atoms with van der Waals surface area (Å²) >= 11 is 0. The summed E-state index contributed by atoms with van der Waals surface area (Å²) in [6.07, 6.45) is 20.8. The van der Waals surface area contributed by atoms with E-state index < -0.39 is 0 Å². The normalized spacial score (nSPS) is 33.9. The van der Waals surface area contributed by atoms with Crippen molar-refractivity contribution in [3.63, 3.8) is 0 Å². The molecule has 0 saturated heterocycles. The lowest BCUT2D eigenvalue weighted by molar-refractivity contribution is 0.141. The fourth-order valence-corrected chi connectivity index (χ4v) is 4.77. The van der Waals surface area contributed by atoms with Crippen molar-refractivity contribution in [3.8, 4) is 6.07 Å². The van der Waals surface area contributed by atoms with Crippen LogP contribution in [-0.2, 0) is 0 Å². The minimum Gasteiger partial charge on any atom is -0.193 e. The molecular weight excluding hydrogens is 254 g/mol. The molecule has 0 bridgehead atoms. The van der Waals surface area contributed by atoms with Gasteiger partial charge in [0.25, 0.3) is 0 Å². The number of hydrogen-bond donors (Lipinski definition) is 0. The van der Waals surface area contributed by atoms with Crippen LogP contribution in [-0.4, -0.2) is 0 Å². The monoisotopic (exact) mass is 287 g/mol. The van der Waals surface area contributed by atoms with E-state index in [4.69, 9.17) is 5.26 Å². The number of allylic oxidation sites excluding steroid dienone is 2. The lowest BCUT2D eigenvalue weighted by Gasteiger charge is -2.38. The molecule has 0 heterocycles. The zero-order chi connectivity index (χ0) is 14.9. The molecule has 0 aromatic carbocycles. The van der Waals surface area contributed by atoms with Crippen LogP contribution < -0.4 is 0 Å². The molecule has 0 aromatic heterocycles. The Bertz CT molecular complexity index is 335. The highest BCUT2D eigenvalue weighted by Crippen LogP contribution is 2.42. The lowest BCUT2D eigenvalue weighted by atomic mass is 9.68. The van der Waals surface area contributed by atoms with Crippen molar-refractivity contribution in [2.45, 2.75) is 84.0 Å². The van der Waals surface area contributed by atoms with E-state index >= 15 is 0 Å². The van der Waals surface area contributed by atoms with Gasteiger partial charge in [-0.05, 0) is 62.2 Å². The summed E-state index contributed by atoms with van der Waals surface area (Å²) < 4.78 is 0. The Labute approximate surface area is 131 Å². The molecule has 0 spiro atoms. The van der Waals surface area contributed by atoms with Crippen LogP contribution in [0.3, 0.4) is 0 Å². The van der Waals surface area contributed by atoms with Gasteiger partial charge in [-0.1, -0.05) is 51.5 Å². The Morgan fingerprint density at radius 2 is 1.38 bits per heavy atom. The third-order valence-electron chi connectivity index (χ3n) is 6.08. The molecule has 0 aliphatic heterocycles. The van der Waals surface area contributed by atoms with Crippen molar-refractivity contribution in [2.75, 3.05) is 0 Å². The molecule has 0 radical (unpaired) electrons. The summed E-state index contributed by atoms with van der Waals surface area (Å²) in [5, 5.41) is 8.50. The molecule has 1 nitrogen and oxygen atoms in total. The summed E-state index contributed by atoms with van der Waals surface area (Å²) in [5.74, 6) is 4.08. The van der Waals surface area contributed by atoms with Gasteiger partial charge < -0.3 is 0 Å². The van der Waals surface area contributed by atoms with Crippen LogP contribution in [0.25, 0.3) is 0 Å². The minimum absolute atomic E-state index is 0.932. The standard InChI is InChI=1S/C20H33N/c1-2-6-17-8-12-19(13-9-17)20-14-10-18(11-15-20)7-4-3-5-16-21/h3,5,17-20H,2,4,6-15H2,1H3/b5-3+/t17-,18?,19-,20?. The van der Waals surface area contributed by atoms with Crippen molar-refractivity contribution in [1.29, 1.82) is 5.26 Å². The molecule has 0 amide bonds. The van der Waals surface area contributed by atoms with Gasteiger partial charge in [0.1, 0.15) is 0 Å². The summed E-state index contributed by atoms with van der Waals surface area (Å²) in [5.41, 5.74) is 0. The lowest BCUT2D eigenvalue weighted by Crippen LogP contribution is -2.25. The molecule has 118 valence electrons. The van der Waals surface area contributed by atoms with Gasteiger partial charge in [0.2, 0.25) is 0 Å². The maximum atomic E-state index is 8.50. The van der Waals surface area contributed by atoms with Gasteiger partial charge in [-0.25, -0.2) is 0 Å². The Morgan fingerprint density at radius 3 is 1.86 bits per heavy atom. The zero-order valence-electron chi connectivity index (χ0n) is 13.9. The van der Waals surface area contributed by atoms with Gasteiger partial charge >= 0.3 is 0 Å². The predicted molar refractivity (Wildman–Crippen MR) is 89.8 cm³/mol. The smallest absolute Gasteiger partial charge is 0.0908 e. The molecule has 0 N–H and O–H groups in total. The first-order valence-corrected chi connectivity index (χ1v) is 9.38. The van der Waals surface area contributed by atoms with E-state index in [-0.39, 0.29) is 0 Å². The van der Waals surface area contributed by atoms with Gasteiger partial charge in [0.05, 0.1) is 6.07 Å². The molecule has 0 aromatic rings. The SMILES string of the molecule is CCC[C@H]1CC[C@H](C2CCC(CC/C=C/C#N)CC2)CC1. The van der Waals surface area contributed by atoms with Crippen molar-refractivity contribution in [1.82, 2.24) is 0 Å². The Morgan fingerprint density at radius 1 is 0.857 bits per heavy atom. The quantitative estimate of drug-likeness (QED) is 0.529. The van der Waals surface area contributed by atoms with E-state index in [0.29, 0.717) is 0 Å². The molecule has 1 heteroatoms. The van der Waals surface area contributed by atoms with Gasteiger partial charge in [0, 0.05) is 6.08 Å². The van der Waals surface area contributed by atoms with E-state index in [1.165, 1.54) is 70.6 Å². The second-order valence-corrected chi connectivity index (χ2v) is 7.46. The maximum Gasteiger partial charge on any atom is 0.0908 e. The molecule has 2 aliphatic rings. The Hall–Kier alpha value is -0.770.